The van der Waals surface area contributed by atoms with Crippen LogP contribution in [0.15, 0.2) is 23.4 Å². The lowest BCUT2D eigenvalue weighted by atomic mass is 10.1. The maximum Gasteiger partial charge on any atom is 0.291 e. The molecule has 1 unspecified atom stereocenters. The second-order valence-electron chi connectivity index (χ2n) is 3.29. The number of hydrogen-bond donors (Lipinski definition) is 1. The molecule has 14 heavy (non-hydrogen) atoms. The van der Waals surface area contributed by atoms with Crippen LogP contribution in [0.25, 0.3) is 0 Å². The average Bonchev–Trinajstić information content (AvgIpc) is 1.98. The Labute approximate surface area is 83.4 Å². The van der Waals surface area contributed by atoms with Crippen molar-refractivity contribution in [3.8, 4) is 0 Å². The number of likely N-dealkylation sites (N-methyl/N-ethyl adjacent to an activating group) is 1. The van der Waals surface area contributed by atoms with Crippen molar-refractivity contribution >= 4 is 0 Å². The molecule has 0 aromatic carbocycles. The van der Waals surface area contributed by atoms with E-state index in [0.717, 1.165) is 0 Å². The van der Waals surface area contributed by atoms with Gasteiger partial charge in [-0.15, -0.1) is 10.1 Å². The zero-order valence-corrected chi connectivity index (χ0v) is 8.89. The number of allylic oxidation sites excluding steroid dienone is 3. The molecule has 0 aromatic rings. The second kappa shape index (κ2) is 5.26. The van der Waals surface area contributed by atoms with Crippen LogP contribution < -0.4 is 0 Å². The molecule has 1 atom stereocenters. The van der Waals surface area contributed by atoms with Gasteiger partial charge in [-0.25, -0.2) is 0 Å². The zero-order valence-electron chi connectivity index (χ0n) is 8.89. The highest BCUT2D eigenvalue weighted by atomic mass is 16.9. The van der Waals surface area contributed by atoms with Crippen LogP contribution in [0.1, 0.15) is 20.8 Å². The van der Waals surface area contributed by atoms with Crippen molar-refractivity contribution < 1.29 is 10.3 Å². The predicted molar refractivity (Wildman–Crippen MR) is 53.5 cm³/mol. The molecule has 0 saturated heterocycles. The third kappa shape index (κ3) is 4.49. The Kier molecular flexibility index (Phi) is 4.69. The fourth-order valence-corrected chi connectivity index (χ4v) is 1.29. The molecular formula is C9H16N2O3. The monoisotopic (exact) mass is 200 g/mol. The lowest BCUT2D eigenvalue weighted by Crippen LogP contribution is -2.27. The van der Waals surface area contributed by atoms with E-state index >= 15 is 0 Å². The number of rotatable bonds is 0. The molecule has 0 fully saturated rings. The third-order valence-electron chi connectivity index (χ3n) is 2.11. The summed E-state index contributed by atoms with van der Waals surface area (Å²) >= 11 is 0. The highest BCUT2D eigenvalue weighted by Crippen LogP contribution is 2.16. The SMILES string of the molecule is CC1=CC(C)N(C)C(C)=C1.O=[N+]([O-])O. The molecule has 1 rings (SSSR count). The molecule has 5 nitrogen and oxygen atoms in total. The molecule has 80 valence electrons. The van der Waals surface area contributed by atoms with E-state index in [1.807, 2.05) is 0 Å². The molecule has 0 bridgehead atoms. The van der Waals surface area contributed by atoms with Crippen LogP contribution >= 0.6 is 0 Å². The van der Waals surface area contributed by atoms with Crippen molar-refractivity contribution in [1.29, 1.82) is 0 Å². The molecule has 0 spiro atoms. The standard InChI is InChI=1S/C9H15N.HNO3/c1-7-5-8(2)10(4)9(3)6-7;2-1(3)4/h5-6,8H,1-4H3;(H,2,3,4). The van der Waals surface area contributed by atoms with Gasteiger partial charge >= 0.3 is 0 Å². The lowest BCUT2D eigenvalue weighted by Gasteiger charge is -2.29. The van der Waals surface area contributed by atoms with E-state index < -0.39 is 5.09 Å². The minimum atomic E-state index is -1.50. The Morgan fingerprint density at radius 1 is 1.57 bits per heavy atom. The van der Waals surface area contributed by atoms with Crippen LogP contribution in [-0.2, 0) is 0 Å². The summed E-state index contributed by atoms with van der Waals surface area (Å²) in [6.45, 7) is 6.50. The van der Waals surface area contributed by atoms with E-state index in [4.69, 9.17) is 15.3 Å². The molecule has 1 aliphatic heterocycles. The number of hydrogen-bond acceptors (Lipinski definition) is 3. The number of nitrogens with zero attached hydrogens (tertiary/aromatic N) is 2. The fourth-order valence-electron chi connectivity index (χ4n) is 1.29. The molecule has 0 aliphatic carbocycles. The normalized spacial score (nSPS) is 20.3. The third-order valence-corrected chi connectivity index (χ3v) is 2.11. The van der Waals surface area contributed by atoms with Crippen LogP contribution in [0.2, 0.25) is 0 Å². The summed E-state index contributed by atoms with van der Waals surface area (Å²) in [4.78, 5) is 10.6. The maximum absolute atomic E-state index is 8.36. The highest BCUT2D eigenvalue weighted by Gasteiger charge is 2.10. The van der Waals surface area contributed by atoms with Gasteiger partial charge in [0.05, 0.1) is 0 Å². The van der Waals surface area contributed by atoms with Gasteiger partial charge in [0.15, 0.2) is 0 Å². The minimum Gasteiger partial charge on any atom is -0.372 e. The van der Waals surface area contributed by atoms with Crippen LogP contribution in [0.5, 0.6) is 0 Å². The van der Waals surface area contributed by atoms with Gasteiger partial charge < -0.3 is 10.1 Å². The summed E-state index contributed by atoms with van der Waals surface area (Å²) in [5.74, 6) is 0. The van der Waals surface area contributed by atoms with Gasteiger partial charge in [0.2, 0.25) is 0 Å². The topological polar surface area (TPSA) is 66.6 Å². The van der Waals surface area contributed by atoms with Gasteiger partial charge in [-0.3, -0.25) is 0 Å². The fraction of sp³-hybridized carbons (Fsp3) is 0.556. The summed E-state index contributed by atoms with van der Waals surface area (Å²) in [6.07, 6.45) is 4.48. The molecule has 1 N–H and O–H groups in total. The Bertz CT molecular complexity index is 267. The first-order valence-corrected chi connectivity index (χ1v) is 4.27. The molecule has 0 radical (unpaired) electrons. The molecule has 0 saturated carbocycles. The predicted octanol–water partition coefficient (Wildman–Crippen LogP) is 1.82. The van der Waals surface area contributed by atoms with Crippen LogP contribution in [0, 0.1) is 10.1 Å². The second-order valence-corrected chi connectivity index (χ2v) is 3.29. The average molecular weight is 200 g/mol. The van der Waals surface area contributed by atoms with Crippen molar-refractivity contribution in [2.24, 2.45) is 0 Å². The summed E-state index contributed by atoms with van der Waals surface area (Å²) in [5, 5.41) is 13.6. The first kappa shape index (κ1) is 12.5. The quantitative estimate of drug-likeness (QED) is 0.478. The molecule has 0 aromatic heterocycles. The minimum absolute atomic E-state index is 0.560. The molecule has 1 aliphatic rings. The lowest BCUT2D eigenvalue weighted by molar-refractivity contribution is -0.742. The van der Waals surface area contributed by atoms with Gasteiger partial charge in [-0.2, -0.15) is 0 Å². The Morgan fingerprint density at radius 2 is 2.00 bits per heavy atom. The van der Waals surface area contributed by atoms with Gasteiger partial charge in [0.25, 0.3) is 5.09 Å². The van der Waals surface area contributed by atoms with E-state index in [-0.39, 0.29) is 0 Å². The van der Waals surface area contributed by atoms with Gasteiger partial charge in [-0.05, 0) is 26.8 Å². The Hall–Kier alpha value is -1.52. The van der Waals surface area contributed by atoms with Crippen molar-refractivity contribution in [3.63, 3.8) is 0 Å². The van der Waals surface area contributed by atoms with E-state index in [1.54, 1.807) is 0 Å². The maximum atomic E-state index is 8.36. The smallest absolute Gasteiger partial charge is 0.291 e. The van der Waals surface area contributed by atoms with Gasteiger partial charge in [-0.1, -0.05) is 11.6 Å². The first-order chi connectivity index (χ1) is 6.34. The van der Waals surface area contributed by atoms with Crippen molar-refractivity contribution in [2.75, 3.05) is 7.05 Å². The summed E-state index contributed by atoms with van der Waals surface area (Å²) in [5.41, 5.74) is 2.73. The van der Waals surface area contributed by atoms with Crippen molar-refractivity contribution in [1.82, 2.24) is 4.90 Å². The van der Waals surface area contributed by atoms with Crippen LogP contribution in [-0.4, -0.2) is 28.3 Å². The van der Waals surface area contributed by atoms with Crippen molar-refractivity contribution in [2.45, 2.75) is 26.8 Å². The molecule has 5 heteroatoms. The van der Waals surface area contributed by atoms with E-state index in [2.05, 4.69) is 44.9 Å². The summed E-state index contributed by atoms with van der Waals surface area (Å²) in [6, 6.07) is 0.560. The zero-order chi connectivity index (χ0) is 11.3. The summed E-state index contributed by atoms with van der Waals surface area (Å²) < 4.78 is 0. The van der Waals surface area contributed by atoms with E-state index in [1.165, 1.54) is 11.3 Å². The van der Waals surface area contributed by atoms with Crippen molar-refractivity contribution in [3.05, 3.63) is 33.5 Å². The van der Waals surface area contributed by atoms with Crippen LogP contribution in [0.4, 0.5) is 0 Å². The largest absolute Gasteiger partial charge is 0.372 e. The molecule has 1 heterocycles. The highest BCUT2D eigenvalue weighted by molar-refractivity contribution is 5.26. The van der Waals surface area contributed by atoms with Gasteiger partial charge in [0, 0.05) is 18.8 Å². The van der Waals surface area contributed by atoms with Crippen LogP contribution in [0.3, 0.4) is 0 Å². The molecule has 0 amide bonds. The summed E-state index contributed by atoms with van der Waals surface area (Å²) in [7, 11) is 2.12. The van der Waals surface area contributed by atoms with Gasteiger partial charge in [0.1, 0.15) is 0 Å². The Morgan fingerprint density at radius 3 is 2.36 bits per heavy atom. The Balaban J connectivity index is 0.000000364. The molecular weight excluding hydrogens is 184 g/mol. The van der Waals surface area contributed by atoms with E-state index in [9.17, 15) is 0 Å². The van der Waals surface area contributed by atoms with E-state index in [0.29, 0.717) is 6.04 Å². The first-order valence-electron chi connectivity index (χ1n) is 4.27.